The summed E-state index contributed by atoms with van der Waals surface area (Å²) in [5, 5.41) is 5.88. The van der Waals surface area contributed by atoms with E-state index in [1.165, 1.54) is 12.5 Å². The van der Waals surface area contributed by atoms with Crippen LogP contribution in [-0.2, 0) is 16.0 Å². The number of hydrogen-bond donors (Lipinski definition) is 2. The highest BCUT2D eigenvalue weighted by Crippen LogP contribution is 2.17. The molecule has 3 amide bonds. The normalized spacial score (nSPS) is 15.2. The fraction of sp³-hybridized carbons (Fsp3) is 0.444. The predicted molar refractivity (Wildman–Crippen MR) is 130 cm³/mol. The molecule has 1 heterocycles. The highest BCUT2D eigenvalue weighted by atomic mass is 16.2. The van der Waals surface area contributed by atoms with Crippen LogP contribution in [0, 0.1) is 6.92 Å². The average molecular weight is 450 g/mol. The predicted octanol–water partition coefficient (Wildman–Crippen LogP) is 3.59. The molecule has 0 bridgehead atoms. The summed E-state index contributed by atoms with van der Waals surface area (Å²) in [5.74, 6) is 0.0619. The molecule has 0 unspecified atom stereocenters. The molecule has 1 saturated heterocycles. The smallest absolute Gasteiger partial charge is 0.253 e. The van der Waals surface area contributed by atoms with Crippen molar-refractivity contribution in [2.75, 3.05) is 13.1 Å². The van der Waals surface area contributed by atoms with E-state index >= 15 is 0 Å². The van der Waals surface area contributed by atoms with Crippen molar-refractivity contribution < 1.29 is 14.4 Å². The van der Waals surface area contributed by atoms with E-state index in [1.54, 1.807) is 0 Å². The first kappa shape index (κ1) is 24.5. The molecule has 1 aliphatic heterocycles. The first-order valence-corrected chi connectivity index (χ1v) is 11.7. The molecule has 0 spiro atoms. The molecule has 2 aromatic carbocycles. The Labute approximate surface area is 196 Å². The van der Waals surface area contributed by atoms with Crippen LogP contribution in [-0.4, -0.2) is 47.8 Å². The number of benzene rings is 2. The molecule has 6 nitrogen and oxygen atoms in total. The number of amides is 3. The van der Waals surface area contributed by atoms with Crippen molar-refractivity contribution in [1.82, 2.24) is 15.5 Å². The quantitative estimate of drug-likeness (QED) is 0.678. The summed E-state index contributed by atoms with van der Waals surface area (Å²) in [4.78, 5) is 39.3. The molecule has 0 aromatic heterocycles. The van der Waals surface area contributed by atoms with Gasteiger partial charge in [0.1, 0.15) is 6.04 Å². The van der Waals surface area contributed by atoms with Crippen LogP contribution in [0.2, 0.25) is 0 Å². The third-order valence-corrected chi connectivity index (χ3v) is 6.21. The highest BCUT2D eigenvalue weighted by molar-refractivity contribution is 5.94. The molecule has 0 radical (unpaired) electrons. The average Bonchev–Trinajstić information content (AvgIpc) is 2.79. The monoisotopic (exact) mass is 449 g/mol. The van der Waals surface area contributed by atoms with Crippen LogP contribution in [0.15, 0.2) is 48.5 Å². The third kappa shape index (κ3) is 6.91. The molecule has 6 heteroatoms. The van der Waals surface area contributed by atoms with Crippen LogP contribution in [0.25, 0.3) is 0 Å². The molecule has 2 N–H and O–H groups in total. The SMILES string of the molecule is CC(=O)N[C@H](Cc1ccc(C(C)C)cc1)C(=O)NC1CCN(C(=O)c2ccc(C)cc2)CC1. The van der Waals surface area contributed by atoms with Gasteiger partial charge in [0, 0.05) is 38.0 Å². The van der Waals surface area contributed by atoms with Gasteiger partial charge in [-0.2, -0.15) is 0 Å². The van der Waals surface area contributed by atoms with Crippen molar-refractivity contribution in [2.45, 2.75) is 65.0 Å². The summed E-state index contributed by atoms with van der Waals surface area (Å²) < 4.78 is 0. The number of likely N-dealkylation sites (tertiary alicyclic amines) is 1. The molecular weight excluding hydrogens is 414 g/mol. The number of nitrogens with zero attached hydrogens (tertiary/aromatic N) is 1. The van der Waals surface area contributed by atoms with Crippen molar-refractivity contribution in [3.8, 4) is 0 Å². The minimum absolute atomic E-state index is 0.0147. The van der Waals surface area contributed by atoms with Crippen LogP contribution in [0.5, 0.6) is 0 Å². The number of aryl methyl sites for hydroxylation is 1. The van der Waals surface area contributed by atoms with Gasteiger partial charge in [-0.1, -0.05) is 55.8 Å². The van der Waals surface area contributed by atoms with Crippen LogP contribution in [0.3, 0.4) is 0 Å². The topological polar surface area (TPSA) is 78.5 Å². The lowest BCUT2D eigenvalue weighted by molar-refractivity contribution is -0.128. The lowest BCUT2D eigenvalue weighted by atomic mass is 9.98. The Hall–Kier alpha value is -3.15. The summed E-state index contributed by atoms with van der Waals surface area (Å²) in [6.07, 6.45) is 1.83. The maximum Gasteiger partial charge on any atom is 0.253 e. The maximum absolute atomic E-state index is 13.0. The van der Waals surface area contributed by atoms with Crippen molar-refractivity contribution in [3.63, 3.8) is 0 Å². The minimum atomic E-state index is -0.625. The van der Waals surface area contributed by atoms with Gasteiger partial charge in [0.15, 0.2) is 0 Å². The first-order chi connectivity index (χ1) is 15.7. The summed E-state index contributed by atoms with van der Waals surface area (Å²) in [5.41, 5.74) is 4.06. The third-order valence-electron chi connectivity index (χ3n) is 6.21. The van der Waals surface area contributed by atoms with Gasteiger partial charge in [-0.3, -0.25) is 14.4 Å². The Morgan fingerprint density at radius 1 is 0.970 bits per heavy atom. The highest BCUT2D eigenvalue weighted by Gasteiger charge is 2.27. The zero-order valence-electron chi connectivity index (χ0n) is 20.1. The number of hydrogen-bond acceptors (Lipinski definition) is 3. The summed E-state index contributed by atoms with van der Waals surface area (Å²) in [7, 11) is 0. The molecule has 1 aliphatic rings. The Morgan fingerprint density at radius 2 is 1.58 bits per heavy atom. The molecule has 0 aliphatic carbocycles. The first-order valence-electron chi connectivity index (χ1n) is 11.7. The van der Waals surface area contributed by atoms with E-state index < -0.39 is 6.04 Å². The second-order valence-electron chi connectivity index (χ2n) is 9.29. The molecular formula is C27H35N3O3. The lowest BCUT2D eigenvalue weighted by Crippen LogP contribution is -2.53. The summed E-state index contributed by atoms with van der Waals surface area (Å²) in [6.45, 7) is 8.90. The molecule has 1 fully saturated rings. The Kier molecular flexibility index (Phi) is 8.26. The number of piperidine rings is 1. The fourth-order valence-corrected chi connectivity index (χ4v) is 4.14. The molecule has 33 heavy (non-hydrogen) atoms. The van der Waals surface area contributed by atoms with E-state index in [0.29, 0.717) is 43.8 Å². The largest absolute Gasteiger partial charge is 0.351 e. The van der Waals surface area contributed by atoms with E-state index in [2.05, 4.69) is 36.6 Å². The van der Waals surface area contributed by atoms with Gasteiger partial charge in [-0.05, 0) is 48.9 Å². The van der Waals surface area contributed by atoms with Crippen molar-refractivity contribution in [2.24, 2.45) is 0 Å². The molecule has 0 saturated carbocycles. The second kappa shape index (κ2) is 11.1. The summed E-state index contributed by atoms with van der Waals surface area (Å²) in [6, 6.07) is 15.1. The maximum atomic E-state index is 13.0. The van der Waals surface area contributed by atoms with Gasteiger partial charge in [0.2, 0.25) is 11.8 Å². The van der Waals surface area contributed by atoms with Gasteiger partial charge in [0.25, 0.3) is 5.91 Å². The van der Waals surface area contributed by atoms with Crippen LogP contribution in [0.4, 0.5) is 0 Å². The molecule has 176 valence electrons. The van der Waals surface area contributed by atoms with Gasteiger partial charge in [-0.25, -0.2) is 0 Å². The second-order valence-corrected chi connectivity index (χ2v) is 9.29. The Bertz CT molecular complexity index is 959. The van der Waals surface area contributed by atoms with Crippen molar-refractivity contribution in [3.05, 3.63) is 70.8 Å². The van der Waals surface area contributed by atoms with Gasteiger partial charge in [-0.15, -0.1) is 0 Å². The molecule has 1 atom stereocenters. The zero-order valence-corrected chi connectivity index (χ0v) is 20.1. The number of carbonyl (C=O) groups excluding carboxylic acids is 3. The Morgan fingerprint density at radius 3 is 2.12 bits per heavy atom. The lowest BCUT2D eigenvalue weighted by Gasteiger charge is -2.33. The standard InChI is InChI=1S/C27H35N3O3/c1-18(2)22-11-7-21(8-12-22)17-25(28-20(4)31)26(32)29-24-13-15-30(16-14-24)27(33)23-9-5-19(3)6-10-23/h5-12,18,24-25H,13-17H2,1-4H3,(H,28,31)(H,29,32)/t25-/m1/s1. The van der Waals surface area contributed by atoms with Crippen LogP contribution >= 0.6 is 0 Å². The van der Waals surface area contributed by atoms with Gasteiger partial charge in [0.05, 0.1) is 0 Å². The van der Waals surface area contributed by atoms with Crippen LogP contribution < -0.4 is 10.6 Å². The van der Waals surface area contributed by atoms with E-state index in [9.17, 15) is 14.4 Å². The van der Waals surface area contributed by atoms with Crippen molar-refractivity contribution in [1.29, 1.82) is 0 Å². The van der Waals surface area contributed by atoms with Gasteiger partial charge >= 0.3 is 0 Å². The fourth-order valence-electron chi connectivity index (χ4n) is 4.14. The number of nitrogens with one attached hydrogen (secondary N) is 2. The Balaban J connectivity index is 1.55. The van der Waals surface area contributed by atoms with Crippen LogP contribution in [0.1, 0.15) is 66.6 Å². The number of carbonyl (C=O) groups is 3. The minimum Gasteiger partial charge on any atom is -0.351 e. The molecule has 2 aromatic rings. The van der Waals surface area contributed by atoms with E-state index in [-0.39, 0.29) is 23.8 Å². The van der Waals surface area contributed by atoms with Gasteiger partial charge < -0.3 is 15.5 Å². The van der Waals surface area contributed by atoms with E-state index in [4.69, 9.17) is 0 Å². The molecule has 3 rings (SSSR count). The summed E-state index contributed by atoms with van der Waals surface area (Å²) >= 11 is 0. The zero-order chi connectivity index (χ0) is 24.0. The van der Waals surface area contributed by atoms with E-state index in [1.807, 2.05) is 48.2 Å². The van der Waals surface area contributed by atoms with Crippen molar-refractivity contribution >= 4 is 17.7 Å². The number of rotatable bonds is 7. The van der Waals surface area contributed by atoms with E-state index in [0.717, 1.165) is 11.1 Å².